The summed E-state index contributed by atoms with van der Waals surface area (Å²) < 4.78 is 37.3. The molecule has 0 fully saturated rings. The van der Waals surface area contributed by atoms with E-state index >= 15 is 0 Å². The fourth-order valence-corrected chi connectivity index (χ4v) is 1.02. The minimum Gasteiger partial charge on any atom is -0.375 e. The Morgan fingerprint density at radius 2 is 1.79 bits per heavy atom. The van der Waals surface area contributed by atoms with E-state index < -0.39 is 18.3 Å². The molecule has 0 spiro atoms. The molecule has 0 aliphatic carbocycles. The van der Waals surface area contributed by atoms with Crippen molar-refractivity contribution < 1.29 is 18.3 Å². The molecule has 0 amide bonds. The molecule has 1 aromatic rings. The number of hydrogen-bond acceptors (Lipinski definition) is 3. The van der Waals surface area contributed by atoms with Gasteiger partial charge in [0, 0.05) is 18.9 Å². The molecule has 14 heavy (non-hydrogen) atoms. The van der Waals surface area contributed by atoms with Crippen LogP contribution in [0.5, 0.6) is 0 Å². The molecule has 0 radical (unpaired) electrons. The van der Waals surface area contributed by atoms with E-state index in [-0.39, 0.29) is 5.56 Å². The zero-order valence-electron chi connectivity index (χ0n) is 7.12. The van der Waals surface area contributed by atoms with Gasteiger partial charge in [-0.1, -0.05) is 0 Å². The second-order valence-corrected chi connectivity index (χ2v) is 2.80. The topological polar surface area (TPSA) is 59.1 Å². The van der Waals surface area contributed by atoms with E-state index in [4.69, 9.17) is 5.73 Å². The molecule has 3 nitrogen and oxygen atoms in total. The summed E-state index contributed by atoms with van der Waals surface area (Å²) in [5.74, 6) is 0. The highest BCUT2D eigenvalue weighted by Gasteiger charge is 2.53. The lowest BCUT2D eigenvalue weighted by atomic mass is 9.94. The molecule has 0 aromatic carbocycles. The molecule has 1 heterocycles. The predicted octanol–water partition coefficient (Wildman–Crippen LogP) is 0.790. The first-order valence-electron chi connectivity index (χ1n) is 3.81. The van der Waals surface area contributed by atoms with E-state index in [0.29, 0.717) is 0 Å². The van der Waals surface area contributed by atoms with E-state index in [1.807, 2.05) is 0 Å². The maximum absolute atomic E-state index is 12.4. The smallest absolute Gasteiger partial charge is 0.375 e. The van der Waals surface area contributed by atoms with Crippen LogP contribution in [-0.4, -0.2) is 22.8 Å². The molecule has 1 aromatic heterocycles. The average molecular weight is 206 g/mol. The molecular weight excluding hydrogens is 197 g/mol. The van der Waals surface area contributed by atoms with Gasteiger partial charge in [-0.25, -0.2) is 0 Å². The van der Waals surface area contributed by atoms with Gasteiger partial charge in [0.2, 0.25) is 0 Å². The summed E-state index contributed by atoms with van der Waals surface area (Å²) in [4.78, 5) is 3.56. The SMILES string of the molecule is NCC(O)(c1ccncc1)C(F)(F)F. The third-order valence-electron chi connectivity index (χ3n) is 1.92. The molecular formula is C8H9F3N2O. The van der Waals surface area contributed by atoms with Crippen LogP contribution in [0.3, 0.4) is 0 Å². The van der Waals surface area contributed by atoms with Gasteiger partial charge in [-0.05, 0) is 17.7 Å². The Morgan fingerprint density at radius 1 is 1.29 bits per heavy atom. The summed E-state index contributed by atoms with van der Waals surface area (Å²) in [6.45, 7) is -0.916. The summed E-state index contributed by atoms with van der Waals surface area (Å²) in [5.41, 5.74) is 1.64. The lowest BCUT2D eigenvalue weighted by molar-refractivity contribution is -0.262. The molecule has 1 atom stereocenters. The molecule has 0 aliphatic rings. The Morgan fingerprint density at radius 3 is 2.14 bits per heavy atom. The predicted molar refractivity (Wildman–Crippen MR) is 43.2 cm³/mol. The number of halogens is 3. The van der Waals surface area contributed by atoms with Crippen LogP contribution in [0.2, 0.25) is 0 Å². The number of alkyl halides is 3. The molecule has 3 N–H and O–H groups in total. The zero-order chi connectivity index (χ0) is 10.8. The zero-order valence-corrected chi connectivity index (χ0v) is 7.12. The van der Waals surface area contributed by atoms with Crippen molar-refractivity contribution in [1.29, 1.82) is 0 Å². The second kappa shape index (κ2) is 3.55. The average Bonchev–Trinajstić information content (AvgIpc) is 2.16. The number of aromatic nitrogens is 1. The summed E-state index contributed by atoms with van der Waals surface area (Å²) in [6.07, 6.45) is -2.45. The lowest BCUT2D eigenvalue weighted by Crippen LogP contribution is -2.48. The summed E-state index contributed by atoms with van der Waals surface area (Å²) in [5, 5.41) is 9.35. The van der Waals surface area contributed by atoms with E-state index in [0.717, 1.165) is 12.1 Å². The van der Waals surface area contributed by atoms with Gasteiger partial charge >= 0.3 is 6.18 Å². The number of hydrogen-bond donors (Lipinski definition) is 2. The summed E-state index contributed by atoms with van der Waals surface area (Å²) in [6, 6.07) is 2.17. The number of rotatable bonds is 2. The maximum atomic E-state index is 12.4. The molecule has 1 unspecified atom stereocenters. The highest BCUT2D eigenvalue weighted by atomic mass is 19.4. The molecule has 6 heteroatoms. The van der Waals surface area contributed by atoms with Crippen molar-refractivity contribution in [3.8, 4) is 0 Å². The van der Waals surface area contributed by atoms with Crippen molar-refractivity contribution in [2.45, 2.75) is 11.8 Å². The van der Waals surface area contributed by atoms with Crippen LogP contribution in [0.1, 0.15) is 5.56 Å². The van der Waals surface area contributed by atoms with Crippen LogP contribution >= 0.6 is 0 Å². The first-order chi connectivity index (χ1) is 6.42. The monoisotopic (exact) mass is 206 g/mol. The Kier molecular flexibility index (Phi) is 2.77. The quantitative estimate of drug-likeness (QED) is 0.752. The molecule has 1 rings (SSSR count). The maximum Gasteiger partial charge on any atom is 0.422 e. The van der Waals surface area contributed by atoms with Gasteiger partial charge in [0.15, 0.2) is 5.60 Å². The Labute approximate surface area is 78.4 Å². The minimum absolute atomic E-state index is 0.303. The van der Waals surface area contributed by atoms with Crippen molar-refractivity contribution in [3.05, 3.63) is 30.1 Å². The van der Waals surface area contributed by atoms with Gasteiger partial charge in [-0.15, -0.1) is 0 Å². The van der Waals surface area contributed by atoms with E-state index in [9.17, 15) is 18.3 Å². The van der Waals surface area contributed by atoms with Crippen molar-refractivity contribution >= 4 is 0 Å². The molecule has 0 saturated heterocycles. The van der Waals surface area contributed by atoms with Crippen molar-refractivity contribution in [3.63, 3.8) is 0 Å². The summed E-state index contributed by atoms with van der Waals surface area (Å²) >= 11 is 0. The number of pyridine rings is 1. The number of nitrogens with zero attached hydrogens (tertiary/aromatic N) is 1. The van der Waals surface area contributed by atoms with Crippen LogP contribution in [0.25, 0.3) is 0 Å². The van der Waals surface area contributed by atoms with Gasteiger partial charge in [0.25, 0.3) is 0 Å². The van der Waals surface area contributed by atoms with Crippen LogP contribution in [0.15, 0.2) is 24.5 Å². The molecule has 78 valence electrons. The van der Waals surface area contributed by atoms with Gasteiger partial charge in [0.1, 0.15) is 0 Å². The van der Waals surface area contributed by atoms with Crippen molar-refractivity contribution in [1.82, 2.24) is 4.98 Å². The van der Waals surface area contributed by atoms with Gasteiger partial charge in [-0.3, -0.25) is 4.98 Å². The van der Waals surface area contributed by atoms with Gasteiger partial charge in [0.05, 0.1) is 0 Å². The molecule has 0 saturated carbocycles. The van der Waals surface area contributed by atoms with Gasteiger partial charge < -0.3 is 10.8 Å². The summed E-state index contributed by atoms with van der Waals surface area (Å²) in [7, 11) is 0. The van der Waals surface area contributed by atoms with Crippen molar-refractivity contribution in [2.75, 3.05) is 6.54 Å². The Bertz CT molecular complexity index is 301. The van der Waals surface area contributed by atoms with Crippen LogP contribution in [0, 0.1) is 0 Å². The fraction of sp³-hybridized carbons (Fsp3) is 0.375. The fourth-order valence-electron chi connectivity index (χ4n) is 1.02. The minimum atomic E-state index is -4.79. The van der Waals surface area contributed by atoms with Crippen LogP contribution in [0.4, 0.5) is 13.2 Å². The first-order valence-corrected chi connectivity index (χ1v) is 3.81. The Balaban J connectivity index is 3.15. The highest BCUT2D eigenvalue weighted by molar-refractivity contribution is 5.21. The highest BCUT2D eigenvalue weighted by Crippen LogP contribution is 2.37. The third kappa shape index (κ3) is 1.71. The first kappa shape index (κ1) is 10.9. The largest absolute Gasteiger partial charge is 0.422 e. The van der Waals surface area contributed by atoms with Gasteiger partial charge in [-0.2, -0.15) is 13.2 Å². The number of aliphatic hydroxyl groups is 1. The lowest BCUT2D eigenvalue weighted by Gasteiger charge is -2.29. The van der Waals surface area contributed by atoms with E-state index in [2.05, 4.69) is 4.98 Å². The standard InChI is InChI=1S/C8H9F3N2O/c9-8(10,11)7(14,5-12)6-1-3-13-4-2-6/h1-4,14H,5,12H2. The normalized spacial score (nSPS) is 16.4. The second-order valence-electron chi connectivity index (χ2n) is 2.80. The van der Waals surface area contributed by atoms with Crippen LogP contribution < -0.4 is 5.73 Å². The number of nitrogens with two attached hydrogens (primary N) is 1. The van der Waals surface area contributed by atoms with Crippen LogP contribution in [-0.2, 0) is 5.60 Å². The Hall–Kier alpha value is -1.14. The van der Waals surface area contributed by atoms with E-state index in [1.54, 1.807) is 0 Å². The van der Waals surface area contributed by atoms with Crippen molar-refractivity contribution in [2.24, 2.45) is 5.73 Å². The third-order valence-corrected chi connectivity index (χ3v) is 1.92. The van der Waals surface area contributed by atoms with E-state index in [1.165, 1.54) is 12.4 Å². The molecule has 0 aliphatic heterocycles. The molecule has 0 bridgehead atoms.